The van der Waals surface area contributed by atoms with E-state index in [9.17, 15) is 4.79 Å². The number of amides is 1. The first kappa shape index (κ1) is 17.4. The first-order valence-corrected chi connectivity index (χ1v) is 8.58. The number of anilines is 1. The lowest BCUT2D eigenvalue weighted by Gasteiger charge is -2.03. The highest BCUT2D eigenvalue weighted by molar-refractivity contribution is 6.31. The predicted octanol–water partition coefficient (Wildman–Crippen LogP) is 4.03. The van der Waals surface area contributed by atoms with Crippen molar-refractivity contribution in [2.24, 2.45) is 0 Å². The van der Waals surface area contributed by atoms with E-state index in [0.29, 0.717) is 22.3 Å². The van der Waals surface area contributed by atoms with Crippen LogP contribution in [0, 0.1) is 6.92 Å². The third kappa shape index (κ3) is 3.96. The van der Waals surface area contributed by atoms with Gasteiger partial charge in [-0.1, -0.05) is 24.9 Å². The molecule has 2 heterocycles. The van der Waals surface area contributed by atoms with E-state index in [1.807, 2.05) is 6.92 Å². The number of carbonyl (C=O) groups excluding carboxylic acids is 1. The van der Waals surface area contributed by atoms with Gasteiger partial charge in [-0.3, -0.25) is 9.48 Å². The zero-order valence-corrected chi connectivity index (χ0v) is 15.0. The van der Waals surface area contributed by atoms with E-state index in [4.69, 9.17) is 21.1 Å². The number of nitrogens with one attached hydrogen (secondary N) is 1. The Kier molecular flexibility index (Phi) is 5.28. The van der Waals surface area contributed by atoms with Crippen molar-refractivity contribution in [2.75, 3.05) is 12.1 Å². The molecule has 0 spiro atoms. The summed E-state index contributed by atoms with van der Waals surface area (Å²) < 4.78 is 12.3. The molecule has 0 radical (unpaired) electrons. The molecule has 25 heavy (non-hydrogen) atoms. The van der Waals surface area contributed by atoms with Gasteiger partial charge in [0.2, 0.25) is 12.7 Å². The second-order valence-corrected chi connectivity index (χ2v) is 6.12. The molecule has 7 heteroatoms. The minimum Gasteiger partial charge on any atom is -0.454 e. The highest BCUT2D eigenvalue weighted by atomic mass is 35.5. The van der Waals surface area contributed by atoms with Gasteiger partial charge in [0.05, 0.1) is 5.69 Å². The largest absolute Gasteiger partial charge is 0.454 e. The average molecular weight is 362 g/mol. The maximum Gasteiger partial charge on any atom is 0.248 e. The van der Waals surface area contributed by atoms with Crippen LogP contribution in [0.2, 0.25) is 5.15 Å². The fourth-order valence-electron chi connectivity index (χ4n) is 2.53. The highest BCUT2D eigenvalue weighted by Gasteiger charge is 2.14. The third-order valence-electron chi connectivity index (χ3n) is 3.87. The number of unbranched alkanes of at least 4 members (excludes halogenated alkanes) is 1. The van der Waals surface area contributed by atoms with Crippen molar-refractivity contribution < 1.29 is 14.3 Å². The first-order chi connectivity index (χ1) is 12.1. The molecular weight excluding hydrogens is 342 g/mol. The molecule has 132 valence electrons. The fourth-order valence-corrected chi connectivity index (χ4v) is 2.85. The van der Waals surface area contributed by atoms with Crippen LogP contribution in [0.1, 0.15) is 31.0 Å². The number of aryl methyl sites for hydroxylation is 2. The van der Waals surface area contributed by atoms with E-state index in [2.05, 4.69) is 17.3 Å². The molecule has 0 unspecified atom stereocenters. The van der Waals surface area contributed by atoms with Crippen LogP contribution in [0.5, 0.6) is 11.5 Å². The topological polar surface area (TPSA) is 65.4 Å². The fraction of sp³-hybridized carbons (Fsp3) is 0.333. The number of hydrogen-bond acceptors (Lipinski definition) is 4. The summed E-state index contributed by atoms with van der Waals surface area (Å²) in [4.78, 5) is 12.1. The zero-order valence-electron chi connectivity index (χ0n) is 14.2. The molecule has 1 aliphatic rings. The zero-order chi connectivity index (χ0) is 17.8. The maximum atomic E-state index is 12.1. The highest BCUT2D eigenvalue weighted by Crippen LogP contribution is 2.34. The van der Waals surface area contributed by atoms with Crippen molar-refractivity contribution in [1.29, 1.82) is 0 Å². The van der Waals surface area contributed by atoms with E-state index in [0.717, 1.165) is 30.6 Å². The van der Waals surface area contributed by atoms with Gasteiger partial charge in [0.25, 0.3) is 0 Å². The molecule has 0 bridgehead atoms. The Bertz CT molecular complexity index is 814. The minimum atomic E-state index is -0.254. The summed E-state index contributed by atoms with van der Waals surface area (Å²) in [5.74, 6) is 1.05. The van der Waals surface area contributed by atoms with Gasteiger partial charge in [-0.25, -0.2) is 0 Å². The molecule has 1 aliphatic heterocycles. The lowest BCUT2D eigenvalue weighted by Crippen LogP contribution is -2.07. The number of ether oxygens (including phenoxy) is 2. The Labute approximate surface area is 151 Å². The maximum absolute atomic E-state index is 12.1. The van der Waals surface area contributed by atoms with Gasteiger partial charge in [-0.05, 0) is 31.6 Å². The molecule has 2 aromatic rings. The van der Waals surface area contributed by atoms with Crippen molar-refractivity contribution in [3.8, 4) is 11.5 Å². The summed E-state index contributed by atoms with van der Waals surface area (Å²) in [6.45, 7) is 4.97. The number of aromatic nitrogens is 2. The molecule has 1 N–H and O–H groups in total. The number of benzene rings is 1. The molecule has 0 saturated carbocycles. The van der Waals surface area contributed by atoms with Crippen LogP contribution in [0.25, 0.3) is 6.08 Å². The van der Waals surface area contributed by atoms with Crippen LogP contribution in [0.15, 0.2) is 24.3 Å². The van der Waals surface area contributed by atoms with E-state index >= 15 is 0 Å². The van der Waals surface area contributed by atoms with Gasteiger partial charge in [-0.2, -0.15) is 5.10 Å². The average Bonchev–Trinajstić information content (AvgIpc) is 3.15. The SMILES string of the molecule is CCCCn1nc(C)c(/C=C/C(=O)Nc2ccc3c(c2)OCO3)c1Cl. The number of fused-ring (bicyclic) bond motifs is 1. The molecule has 6 nitrogen and oxygen atoms in total. The Hall–Kier alpha value is -2.47. The smallest absolute Gasteiger partial charge is 0.248 e. The summed E-state index contributed by atoms with van der Waals surface area (Å²) >= 11 is 6.36. The number of carbonyl (C=O) groups is 1. The van der Waals surface area contributed by atoms with Gasteiger partial charge in [0, 0.05) is 29.9 Å². The number of rotatable bonds is 6. The standard InChI is InChI=1S/C18H20ClN3O3/c1-3-4-9-22-18(19)14(12(2)21-22)6-8-17(23)20-13-5-7-15-16(10-13)25-11-24-15/h5-8,10H,3-4,9,11H2,1-2H3,(H,20,23)/b8-6+. The van der Waals surface area contributed by atoms with Crippen LogP contribution in [-0.2, 0) is 11.3 Å². The van der Waals surface area contributed by atoms with Gasteiger partial charge < -0.3 is 14.8 Å². The van der Waals surface area contributed by atoms with Crippen molar-refractivity contribution in [1.82, 2.24) is 9.78 Å². The van der Waals surface area contributed by atoms with E-state index < -0.39 is 0 Å². The van der Waals surface area contributed by atoms with Crippen molar-refractivity contribution in [3.05, 3.63) is 40.7 Å². The summed E-state index contributed by atoms with van der Waals surface area (Å²) in [6.07, 6.45) is 5.22. The minimum absolute atomic E-state index is 0.201. The quantitative estimate of drug-likeness (QED) is 0.789. The predicted molar refractivity (Wildman–Crippen MR) is 97.1 cm³/mol. The monoisotopic (exact) mass is 361 g/mol. The molecule has 1 amide bonds. The van der Waals surface area contributed by atoms with Crippen LogP contribution in [-0.4, -0.2) is 22.5 Å². The van der Waals surface area contributed by atoms with Crippen molar-refractivity contribution in [3.63, 3.8) is 0 Å². The van der Waals surface area contributed by atoms with Gasteiger partial charge in [-0.15, -0.1) is 0 Å². The Morgan fingerprint density at radius 1 is 1.40 bits per heavy atom. The van der Waals surface area contributed by atoms with Gasteiger partial charge in [0.15, 0.2) is 11.5 Å². The molecule has 0 atom stereocenters. The van der Waals surface area contributed by atoms with Crippen LogP contribution < -0.4 is 14.8 Å². The summed E-state index contributed by atoms with van der Waals surface area (Å²) in [6, 6.07) is 5.26. The Morgan fingerprint density at radius 3 is 3.00 bits per heavy atom. The van der Waals surface area contributed by atoms with E-state index in [1.165, 1.54) is 6.08 Å². The molecular formula is C18H20ClN3O3. The number of halogens is 1. The van der Waals surface area contributed by atoms with Gasteiger partial charge in [0.1, 0.15) is 5.15 Å². The van der Waals surface area contributed by atoms with Crippen molar-refractivity contribution in [2.45, 2.75) is 33.2 Å². The van der Waals surface area contributed by atoms with Crippen molar-refractivity contribution >= 4 is 29.3 Å². The van der Waals surface area contributed by atoms with Crippen LogP contribution in [0.4, 0.5) is 5.69 Å². The number of hydrogen-bond donors (Lipinski definition) is 1. The molecule has 3 rings (SSSR count). The molecule has 0 saturated heterocycles. The molecule has 1 aromatic carbocycles. The second-order valence-electron chi connectivity index (χ2n) is 5.76. The first-order valence-electron chi connectivity index (χ1n) is 8.20. The second kappa shape index (κ2) is 7.61. The van der Waals surface area contributed by atoms with E-state index in [-0.39, 0.29) is 12.7 Å². The normalized spacial score (nSPS) is 12.8. The van der Waals surface area contributed by atoms with Crippen LogP contribution in [0.3, 0.4) is 0 Å². The summed E-state index contributed by atoms with van der Waals surface area (Å²) in [5, 5.41) is 7.76. The Morgan fingerprint density at radius 2 is 2.20 bits per heavy atom. The lowest BCUT2D eigenvalue weighted by molar-refractivity contribution is -0.111. The number of nitrogens with zero attached hydrogens (tertiary/aromatic N) is 2. The molecule has 1 aromatic heterocycles. The molecule has 0 fully saturated rings. The van der Waals surface area contributed by atoms with Gasteiger partial charge >= 0.3 is 0 Å². The summed E-state index contributed by atoms with van der Waals surface area (Å²) in [5.41, 5.74) is 2.20. The Balaban J connectivity index is 1.67. The lowest BCUT2D eigenvalue weighted by atomic mass is 10.2. The third-order valence-corrected chi connectivity index (χ3v) is 4.27. The van der Waals surface area contributed by atoms with Crippen LogP contribution >= 0.6 is 11.6 Å². The molecule has 0 aliphatic carbocycles. The van der Waals surface area contributed by atoms with E-state index in [1.54, 1.807) is 29.0 Å². The summed E-state index contributed by atoms with van der Waals surface area (Å²) in [7, 11) is 0.